The van der Waals surface area contributed by atoms with Crippen LogP contribution in [0.2, 0.25) is 0 Å². The van der Waals surface area contributed by atoms with E-state index in [1.165, 1.54) is 13.8 Å². The molecule has 8 atom stereocenters. The standard InChI is InChI=1S/C36H47N10O17P3S/c1-36(2,16-60-66(57,58)63-65(55,56)59-15-23-29(62-64(52,53)54)28(48)34(61-23)46-18-44-27-31(38)42-17-43-32(27)46)30(49)33(50)41-11-9-24(47)39-12-13-67-35(51)22(37)14-21-8-7-20-6-5-19-4-3-10-40-25(19)26(20)45-21/h3-8,10,17-18,22-23,28-30,34,48-49H,9,11-16,37H2,1-2H3,(H,39,47)(H,41,50)(H,55,56)(H,57,58)(H2,38,42,43)(H2,52,53,54). The molecular formula is C36H47N10O17P3S. The van der Waals surface area contributed by atoms with Crippen LogP contribution in [0.5, 0.6) is 0 Å². The monoisotopic (exact) mass is 1020 g/mol. The smallest absolute Gasteiger partial charge is 0.386 e. The Bertz CT molecular complexity index is 2770. The molecule has 364 valence electrons. The molecule has 6 rings (SSSR count). The molecular weight excluding hydrogens is 969 g/mol. The highest BCUT2D eigenvalue weighted by molar-refractivity contribution is 8.13. The minimum absolute atomic E-state index is 0.0233. The number of hydrogen-bond acceptors (Lipinski definition) is 21. The minimum atomic E-state index is -5.60. The van der Waals surface area contributed by atoms with E-state index < -0.39 is 90.6 Å². The van der Waals surface area contributed by atoms with Crippen LogP contribution in [0.15, 0.2) is 55.2 Å². The fraction of sp³-hybridized carbons (Fsp3) is 0.444. The molecule has 2 amide bonds. The van der Waals surface area contributed by atoms with Crippen molar-refractivity contribution in [2.24, 2.45) is 11.1 Å². The number of anilines is 1. The summed E-state index contributed by atoms with van der Waals surface area (Å²) in [4.78, 5) is 98.1. The number of benzene rings is 1. The van der Waals surface area contributed by atoms with Crippen LogP contribution in [-0.2, 0) is 57.1 Å². The second-order valence-corrected chi connectivity index (χ2v) is 20.9. The number of hydrogen-bond donors (Lipinski definition) is 10. The van der Waals surface area contributed by atoms with Gasteiger partial charge >= 0.3 is 23.5 Å². The van der Waals surface area contributed by atoms with E-state index in [-0.39, 0.29) is 53.8 Å². The summed E-state index contributed by atoms with van der Waals surface area (Å²) in [7, 11) is -16.5. The van der Waals surface area contributed by atoms with Gasteiger partial charge in [0.25, 0.3) is 0 Å². The summed E-state index contributed by atoms with van der Waals surface area (Å²) in [6.07, 6.45) is -5.19. The summed E-state index contributed by atoms with van der Waals surface area (Å²) in [5.74, 6) is -1.33. The average molecular weight is 1020 g/mol. The number of carbonyl (C=O) groups excluding carboxylic acids is 3. The summed E-state index contributed by atoms with van der Waals surface area (Å²) in [5.41, 5.74) is 12.5. The van der Waals surface area contributed by atoms with Crippen molar-refractivity contribution in [2.75, 3.05) is 37.8 Å². The number of phosphoric ester groups is 3. The molecule has 67 heavy (non-hydrogen) atoms. The lowest BCUT2D eigenvalue weighted by molar-refractivity contribution is -0.137. The Kier molecular flexibility index (Phi) is 16.6. The Labute approximate surface area is 383 Å². The topological polar surface area (TPSA) is 415 Å². The molecule has 1 saturated heterocycles. The Morgan fingerprint density at radius 1 is 0.940 bits per heavy atom. The quantitative estimate of drug-likeness (QED) is 0.0254. The van der Waals surface area contributed by atoms with Crippen molar-refractivity contribution in [3.63, 3.8) is 0 Å². The van der Waals surface area contributed by atoms with E-state index in [4.69, 9.17) is 25.3 Å². The number of thioether (sulfide) groups is 1. The summed E-state index contributed by atoms with van der Waals surface area (Å²) >= 11 is 0.939. The van der Waals surface area contributed by atoms with Crippen LogP contribution >= 0.6 is 35.2 Å². The molecule has 27 nitrogen and oxygen atoms in total. The normalized spacial score (nSPS) is 20.6. The zero-order valence-corrected chi connectivity index (χ0v) is 38.9. The first-order chi connectivity index (χ1) is 31.4. The SMILES string of the molecule is CC(C)(COP(=O)(O)OP(=O)(O)OCC1OC(n2cnc3c(N)ncnc32)C(O)C1OP(=O)(O)O)C(O)C(=O)NCCC(=O)NCCSC(=O)C(N)Cc1ccc2ccc3cccnc3c2n1. The third-order valence-electron chi connectivity index (χ3n) is 9.97. The molecule has 0 radical (unpaired) electrons. The molecule has 5 aromatic rings. The number of amides is 2. The van der Waals surface area contributed by atoms with Gasteiger partial charge in [0.15, 0.2) is 17.7 Å². The van der Waals surface area contributed by atoms with Gasteiger partial charge in [0.2, 0.25) is 16.9 Å². The molecule has 0 saturated carbocycles. The van der Waals surface area contributed by atoms with Crippen LogP contribution < -0.4 is 22.1 Å². The first kappa shape index (κ1) is 51.9. The lowest BCUT2D eigenvalue weighted by Crippen LogP contribution is -2.46. The van der Waals surface area contributed by atoms with Gasteiger partial charge in [0.05, 0.1) is 36.6 Å². The molecule has 1 aliphatic rings. The van der Waals surface area contributed by atoms with Gasteiger partial charge in [-0.3, -0.25) is 42.5 Å². The molecule has 0 spiro atoms. The predicted molar refractivity (Wildman–Crippen MR) is 236 cm³/mol. The van der Waals surface area contributed by atoms with E-state index >= 15 is 0 Å². The van der Waals surface area contributed by atoms with E-state index in [2.05, 4.69) is 44.4 Å². The predicted octanol–water partition coefficient (Wildman–Crippen LogP) is 0.331. The van der Waals surface area contributed by atoms with Crippen LogP contribution in [0.1, 0.15) is 32.2 Å². The fourth-order valence-electron chi connectivity index (χ4n) is 6.58. The number of nitrogens with two attached hydrogens (primary N) is 2. The molecule has 31 heteroatoms. The number of rotatable bonds is 22. The Balaban J connectivity index is 0.898. The Hall–Kier alpha value is -4.44. The number of nitrogens with one attached hydrogen (secondary N) is 2. The highest BCUT2D eigenvalue weighted by Gasteiger charge is 2.50. The van der Waals surface area contributed by atoms with Gasteiger partial charge in [-0.1, -0.05) is 49.9 Å². The summed E-state index contributed by atoms with van der Waals surface area (Å²) < 4.78 is 62.4. The highest BCUT2D eigenvalue weighted by Crippen LogP contribution is 2.61. The van der Waals surface area contributed by atoms with Crippen LogP contribution in [0.4, 0.5) is 5.82 Å². The third kappa shape index (κ3) is 13.6. The molecule has 1 aromatic carbocycles. The molecule has 1 fully saturated rings. The maximum absolute atomic E-state index is 12.8. The number of phosphoric acid groups is 3. The molecule has 4 aromatic heterocycles. The van der Waals surface area contributed by atoms with E-state index in [0.29, 0.717) is 11.2 Å². The van der Waals surface area contributed by atoms with Gasteiger partial charge in [-0.25, -0.2) is 28.6 Å². The number of nitrogens with zero attached hydrogens (tertiary/aromatic N) is 6. The van der Waals surface area contributed by atoms with Gasteiger partial charge in [-0.2, -0.15) is 4.31 Å². The van der Waals surface area contributed by atoms with Crippen molar-refractivity contribution < 1.29 is 80.5 Å². The average Bonchev–Trinajstić information content (AvgIpc) is 3.83. The first-order valence-corrected chi connectivity index (χ1v) is 25.4. The van der Waals surface area contributed by atoms with E-state index in [1.807, 2.05) is 30.3 Å². The van der Waals surface area contributed by atoms with Gasteiger partial charge in [0, 0.05) is 59.8 Å². The minimum Gasteiger partial charge on any atom is -0.386 e. The number of imidazole rings is 1. The molecule has 0 aliphatic carbocycles. The zero-order valence-electron chi connectivity index (χ0n) is 35.4. The van der Waals surface area contributed by atoms with Crippen LogP contribution in [0.3, 0.4) is 0 Å². The van der Waals surface area contributed by atoms with Crippen molar-refractivity contribution in [1.29, 1.82) is 0 Å². The number of aliphatic hydroxyl groups is 2. The molecule has 5 heterocycles. The van der Waals surface area contributed by atoms with E-state index in [0.717, 1.165) is 45.3 Å². The van der Waals surface area contributed by atoms with Crippen molar-refractivity contribution in [3.8, 4) is 0 Å². The van der Waals surface area contributed by atoms with Crippen molar-refractivity contribution in [2.45, 2.75) is 63.4 Å². The lowest BCUT2D eigenvalue weighted by atomic mass is 9.87. The van der Waals surface area contributed by atoms with Crippen LogP contribution in [0, 0.1) is 5.41 Å². The number of nitrogen functional groups attached to an aromatic ring is 1. The second-order valence-electron chi connectivity index (χ2n) is 15.6. The highest BCUT2D eigenvalue weighted by atomic mass is 32.2. The van der Waals surface area contributed by atoms with Crippen LogP contribution in [-0.4, -0.2) is 139 Å². The second kappa shape index (κ2) is 21.5. The third-order valence-corrected chi connectivity index (χ3v) is 14.1. The molecule has 0 bridgehead atoms. The summed E-state index contributed by atoms with van der Waals surface area (Å²) in [6.45, 7) is 0.291. The number of aromatic nitrogens is 6. The zero-order chi connectivity index (χ0) is 48.9. The van der Waals surface area contributed by atoms with Gasteiger partial charge < -0.3 is 56.6 Å². The number of carbonyl (C=O) groups is 3. The van der Waals surface area contributed by atoms with Gasteiger partial charge in [-0.15, -0.1) is 0 Å². The largest absolute Gasteiger partial charge is 0.481 e. The maximum Gasteiger partial charge on any atom is 0.481 e. The maximum atomic E-state index is 12.8. The van der Waals surface area contributed by atoms with Crippen LogP contribution in [0.25, 0.3) is 33.0 Å². The van der Waals surface area contributed by atoms with E-state index in [1.54, 1.807) is 12.3 Å². The van der Waals surface area contributed by atoms with Crippen molar-refractivity contribution in [1.82, 2.24) is 40.1 Å². The van der Waals surface area contributed by atoms with Crippen molar-refractivity contribution >= 4 is 90.9 Å². The van der Waals surface area contributed by atoms with Gasteiger partial charge in [-0.05, 0) is 12.1 Å². The Morgan fingerprint density at radius 2 is 1.64 bits per heavy atom. The lowest BCUT2D eigenvalue weighted by Gasteiger charge is -2.30. The van der Waals surface area contributed by atoms with E-state index in [9.17, 15) is 57.9 Å². The number of pyridine rings is 2. The number of ether oxygens (including phenoxy) is 1. The summed E-state index contributed by atoms with van der Waals surface area (Å²) in [5, 5.41) is 28.1. The fourth-order valence-corrected chi connectivity index (χ4v) is 10.1. The Morgan fingerprint density at radius 3 is 2.37 bits per heavy atom. The summed E-state index contributed by atoms with van der Waals surface area (Å²) in [6, 6.07) is 10.5. The number of fused-ring (bicyclic) bond motifs is 4. The molecule has 8 unspecified atom stereocenters. The first-order valence-electron chi connectivity index (χ1n) is 19.9. The molecule has 12 N–H and O–H groups in total. The van der Waals surface area contributed by atoms with Crippen molar-refractivity contribution in [3.05, 3.63) is 60.9 Å². The molecule has 1 aliphatic heterocycles. The number of aliphatic hydroxyl groups excluding tert-OH is 2. The van der Waals surface area contributed by atoms with Gasteiger partial charge in [0.1, 0.15) is 36.3 Å².